The lowest BCUT2D eigenvalue weighted by atomic mass is 9.47. The van der Waals surface area contributed by atoms with Crippen LogP contribution in [0.5, 0.6) is 0 Å². The number of rotatable bonds is 12. The molecule has 0 aromatic rings. The van der Waals surface area contributed by atoms with E-state index in [1.54, 1.807) is 5.57 Å². The van der Waals surface area contributed by atoms with E-state index in [4.69, 9.17) is 10.2 Å². The van der Waals surface area contributed by atoms with Gasteiger partial charge in [-0.2, -0.15) is 0 Å². The molecule has 8 atom stereocenters. The Morgan fingerprint density at radius 2 is 1.36 bits per heavy atom. The fourth-order valence-corrected chi connectivity index (χ4v) is 9.47. The van der Waals surface area contributed by atoms with Crippen molar-refractivity contribution in [3.8, 4) is 0 Å². The zero-order chi connectivity index (χ0) is 38.5. The number of aliphatic hydroxyl groups is 3. The summed E-state index contributed by atoms with van der Waals surface area (Å²) in [6.45, 7) is 14.8. The second kappa shape index (κ2) is 20.6. The highest BCUT2D eigenvalue weighted by atomic mass is 16.4. The van der Waals surface area contributed by atoms with Gasteiger partial charge in [-0.3, -0.25) is 0 Å². The molecule has 0 bridgehead atoms. The van der Waals surface area contributed by atoms with Crippen LogP contribution in [-0.2, 0) is 9.59 Å². The number of carbonyl (C=O) groups excluding carboxylic acids is 2. The van der Waals surface area contributed by atoms with E-state index in [1.165, 1.54) is 57.8 Å². The topological polar surface area (TPSA) is 141 Å². The minimum Gasteiger partial charge on any atom is -0.550 e. The summed E-state index contributed by atoms with van der Waals surface area (Å²) in [7, 11) is 12.3. The quantitative estimate of drug-likeness (QED) is 0.205. The molecule has 3 saturated carbocycles. The van der Waals surface area contributed by atoms with E-state index in [1.807, 2.05) is 0 Å². The van der Waals surface area contributed by atoms with Crippen LogP contribution in [0.3, 0.4) is 0 Å². The number of carboxylic acid groups (broad SMARTS) is 2. The predicted octanol–water partition coefficient (Wildman–Crippen LogP) is 4.02. The summed E-state index contributed by atoms with van der Waals surface area (Å²) < 4.78 is 1.69. The first-order valence-corrected chi connectivity index (χ1v) is 19.6. The lowest BCUT2D eigenvalue weighted by molar-refractivity contribution is -0.870. The maximum atomic E-state index is 10.2. The van der Waals surface area contributed by atoms with Gasteiger partial charge in [0.15, 0.2) is 0 Å². The lowest BCUT2D eigenvalue weighted by Gasteiger charge is -2.58. The molecule has 0 radical (unpaired) electrons. The van der Waals surface area contributed by atoms with Crippen molar-refractivity contribution in [2.45, 2.75) is 124 Å². The maximum Gasteiger partial charge on any atom is 0.101 e. The smallest absolute Gasteiger partial charge is 0.101 e. The molecule has 0 unspecified atom stereocenters. The van der Waals surface area contributed by atoms with Gasteiger partial charge in [0.1, 0.15) is 13.1 Å². The van der Waals surface area contributed by atoms with Crippen LogP contribution in [0.2, 0.25) is 0 Å². The first kappa shape index (κ1) is 46.5. The summed E-state index contributed by atoms with van der Waals surface area (Å²) in [5.74, 6) is 2.72. The van der Waals surface area contributed by atoms with Gasteiger partial charge in [0.25, 0.3) is 0 Å². The molecule has 0 saturated heterocycles. The predicted molar refractivity (Wildman–Crippen MR) is 198 cm³/mol. The van der Waals surface area contributed by atoms with Crippen LogP contribution in [0.15, 0.2) is 11.6 Å². The standard InChI is InChI=1S/C27H46O.2C5H14NO.C4H6O4/c1-18(2)7-6-8-19(3)23-11-12-24-22-10-9-20-17-21(28)13-15-26(20,4)25(22)14-16-27(23,24)5;2*1-6(2,3)4-5-7;5-3(6)1-2-4(7)8/h9,18-19,21-25,28H,6-8,10-17H2,1-5H3;2*7H,4-5H2,1-3H3;1-2H2,(H,5,6)(H,7,8)/q;2*+1;/p-2/t19-,21+,22+,23-,24+,25+,26+,27-;;;/m1.../s1. The molecule has 0 aromatic heterocycles. The van der Waals surface area contributed by atoms with Crippen LogP contribution < -0.4 is 10.2 Å². The Bertz CT molecular complexity index is 1020. The van der Waals surface area contributed by atoms with Gasteiger partial charge < -0.3 is 44.1 Å². The largest absolute Gasteiger partial charge is 0.550 e. The van der Waals surface area contributed by atoms with Gasteiger partial charge in [-0.15, -0.1) is 0 Å². The number of aliphatic carboxylic acids is 2. The number of hydrogen-bond acceptors (Lipinski definition) is 7. The molecule has 9 nitrogen and oxygen atoms in total. The van der Waals surface area contributed by atoms with E-state index < -0.39 is 24.8 Å². The molecule has 294 valence electrons. The number of hydrogen-bond donors (Lipinski definition) is 3. The summed E-state index contributed by atoms with van der Waals surface area (Å²) in [5.41, 5.74) is 2.60. The monoisotopic (exact) mass is 711 g/mol. The van der Waals surface area contributed by atoms with Gasteiger partial charge in [-0.05, 0) is 111 Å². The highest BCUT2D eigenvalue weighted by Crippen LogP contribution is 2.67. The first-order chi connectivity index (χ1) is 23.0. The summed E-state index contributed by atoms with van der Waals surface area (Å²) in [6.07, 6.45) is 16.2. The fourth-order valence-electron chi connectivity index (χ4n) is 9.47. The molecule has 4 aliphatic rings. The summed E-state index contributed by atoms with van der Waals surface area (Å²) >= 11 is 0. The number of nitrogens with zero attached hydrogens (tertiary/aromatic N) is 2. The van der Waals surface area contributed by atoms with Gasteiger partial charge >= 0.3 is 0 Å². The number of carbonyl (C=O) groups is 2. The Kier molecular flexibility index (Phi) is 19.2. The van der Waals surface area contributed by atoms with Crippen LogP contribution in [0.4, 0.5) is 0 Å². The highest BCUT2D eigenvalue weighted by molar-refractivity contribution is 5.72. The van der Waals surface area contributed by atoms with E-state index >= 15 is 0 Å². The molecule has 50 heavy (non-hydrogen) atoms. The third-order valence-corrected chi connectivity index (χ3v) is 12.4. The second-order valence-electron chi connectivity index (χ2n) is 18.9. The molecule has 3 fully saturated rings. The summed E-state index contributed by atoms with van der Waals surface area (Å²) in [4.78, 5) is 19.0. The van der Waals surface area contributed by atoms with Crippen molar-refractivity contribution in [2.24, 2.45) is 46.3 Å². The van der Waals surface area contributed by atoms with Crippen molar-refractivity contribution >= 4 is 11.9 Å². The lowest BCUT2D eigenvalue weighted by Crippen LogP contribution is -2.50. The molecule has 9 heteroatoms. The van der Waals surface area contributed by atoms with Crippen molar-refractivity contribution in [2.75, 3.05) is 68.6 Å². The molecule has 0 heterocycles. The Morgan fingerprint density at radius 3 is 1.80 bits per heavy atom. The van der Waals surface area contributed by atoms with E-state index in [0.29, 0.717) is 10.8 Å². The van der Waals surface area contributed by atoms with E-state index in [-0.39, 0.29) is 19.3 Å². The molecule has 0 amide bonds. The van der Waals surface area contributed by atoms with E-state index in [0.717, 1.165) is 70.4 Å². The molecule has 4 rings (SSSR count). The highest BCUT2D eigenvalue weighted by Gasteiger charge is 2.59. The third-order valence-electron chi connectivity index (χ3n) is 12.4. The number of quaternary nitrogens is 2. The number of aliphatic hydroxyl groups excluding tert-OH is 3. The van der Waals surface area contributed by atoms with E-state index in [2.05, 4.69) is 83.0 Å². The van der Waals surface area contributed by atoms with Crippen molar-refractivity contribution in [1.29, 1.82) is 0 Å². The molecule has 4 aliphatic carbocycles. The van der Waals surface area contributed by atoms with Crippen molar-refractivity contribution < 1.29 is 44.1 Å². The summed E-state index contributed by atoms with van der Waals surface area (Å²) in [5, 5.41) is 46.0. The van der Waals surface area contributed by atoms with Crippen LogP contribution in [0, 0.1) is 46.3 Å². The number of likely N-dealkylation sites (N-methyl/N-ethyl adjacent to an activating group) is 2. The van der Waals surface area contributed by atoms with Gasteiger partial charge in [0, 0.05) is 11.9 Å². The number of allylic oxidation sites excluding steroid dienone is 1. The van der Waals surface area contributed by atoms with Gasteiger partial charge in [-0.1, -0.05) is 65.5 Å². The van der Waals surface area contributed by atoms with Gasteiger partial charge in [0.05, 0.1) is 61.6 Å². The van der Waals surface area contributed by atoms with Gasteiger partial charge in [0.2, 0.25) is 0 Å². The third kappa shape index (κ3) is 15.2. The number of carboxylic acids is 2. The SMILES string of the molecule is CC(C)CCC[C@@H](C)[C@H]1CC[C@H]2[C@@H]3CC=C4C[C@@H](O)CC[C@]4(C)[C@H]3CC[C@]12C.C[N+](C)(C)CCO.C[N+](C)(C)CCO.O=C([O-])CCC(=O)[O-]. The zero-order valence-electron chi connectivity index (χ0n) is 34.0. The van der Waals surface area contributed by atoms with Crippen molar-refractivity contribution in [3.63, 3.8) is 0 Å². The molecular weight excluding hydrogens is 632 g/mol. The van der Waals surface area contributed by atoms with Crippen LogP contribution in [0.1, 0.15) is 118 Å². The van der Waals surface area contributed by atoms with Crippen LogP contribution >= 0.6 is 0 Å². The van der Waals surface area contributed by atoms with E-state index in [9.17, 15) is 24.9 Å². The van der Waals surface area contributed by atoms with Crippen molar-refractivity contribution in [1.82, 2.24) is 0 Å². The van der Waals surface area contributed by atoms with Gasteiger partial charge in [-0.25, -0.2) is 0 Å². The number of fused-ring (bicyclic) bond motifs is 5. The maximum absolute atomic E-state index is 10.2. The average molecular weight is 711 g/mol. The normalized spacial score (nSPS) is 30.8. The average Bonchev–Trinajstić information content (AvgIpc) is 3.33. The Labute approximate surface area is 306 Å². The first-order valence-electron chi connectivity index (χ1n) is 19.6. The van der Waals surface area contributed by atoms with Crippen LogP contribution in [-0.4, -0.2) is 111 Å². The molecular formula is C41H78N2O7. The Balaban J connectivity index is 0.000000464. The second-order valence-corrected chi connectivity index (χ2v) is 18.9. The Morgan fingerprint density at radius 1 is 0.820 bits per heavy atom. The molecule has 0 aliphatic heterocycles. The minimum absolute atomic E-state index is 0.0766. The Hall–Kier alpha value is -1.52. The molecule has 0 aromatic carbocycles. The summed E-state index contributed by atoms with van der Waals surface area (Å²) in [6, 6.07) is 0. The molecule has 3 N–H and O–H groups in total. The zero-order valence-corrected chi connectivity index (χ0v) is 34.0. The fraction of sp³-hybridized carbons (Fsp3) is 0.902. The minimum atomic E-state index is -1.37. The molecule has 0 spiro atoms. The van der Waals surface area contributed by atoms with Crippen LogP contribution in [0.25, 0.3) is 0 Å². The van der Waals surface area contributed by atoms with Crippen molar-refractivity contribution in [3.05, 3.63) is 11.6 Å².